The monoisotopic (exact) mass is 221 g/mol. The molecule has 1 aliphatic rings. The number of hydrogen-bond acceptors (Lipinski definition) is 3. The number of methoxy groups -OCH3 is 1. The number of aliphatic hydroxyl groups is 1. The van der Waals surface area contributed by atoms with E-state index in [1.54, 1.807) is 7.11 Å². The van der Waals surface area contributed by atoms with Gasteiger partial charge in [0.2, 0.25) is 0 Å². The zero-order valence-electron chi connectivity index (χ0n) is 9.65. The fourth-order valence-electron chi connectivity index (χ4n) is 2.17. The lowest BCUT2D eigenvalue weighted by molar-refractivity contribution is 0.148. The molecule has 0 aliphatic heterocycles. The van der Waals surface area contributed by atoms with Crippen LogP contribution in [0, 0.1) is 0 Å². The summed E-state index contributed by atoms with van der Waals surface area (Å²) in [6.07, 6.45) is 2.97. The van der Waals surface area contributed by atoms with Crippen LogP contribution in [0.5, 0.6) is 5.75 Å². The van der Waals surface area contributed by atoms with E-state index in [2.05, 4.69) is 5.32 Å². The summed E-state index contributed by atoms with van der Waals surface area (Å²) >= 11 is 0. The van der Waals surface area contributed by atoms with Crippen LogP contribution < -0.4 is 10.1 Å². The highest BCUT2D eigenvalue weighted by Crippen LogP contribution is 2.19. The van der Waals surface area contributed by atoms with Crippen LogP contribution in [0.2, 0.25) is 0 Å². The molecule has 1 saturated carbocycles. The first-order valence-corrected chi connectivity index (χ1v) is 5.84. The first-order valence-electron chi connectivity index (χ1n) is 5.84. The molecule has 16 heavy (non-hydrogen) atoms. The molecule has 0 unspecified atom stereocenters. The minimum absolute atomic E-state index is 0.168. The summed E-state index contributed by atoms with van der Waals surface area (Å²) < 4.78 is 5.10. The number of ether oxygens (including phenoxy) is 1. The summed E-state index contributed by atoms with van der Waals surface area (Å²) in [6.45, 7) is 0.811. The minimum Gasteiger partial charge on any atom is -0.497 e. The maximum Gasteiger partial charge on any atom is 0.118 e. The van der Waals surface area contributed by atoms with Crippen LogP contribution in [-0.4, -0.2) is 24.4 Å². The minimum atomic E-state index is -0.168. The van der Waals surface area contributed by atoms with Crippen LogP contribution in [0.25, 0.3) is 0 Å². The van der Waals surface area contributed by atoms with E-state index >= 15 is 0 Å². The Morgan fingerprint density at radius 1 is 1.31 bits per heavy atom. The van der Waals surface area contributed by atoms with Gasteiger partial charge < -0.3 is 15.2 Å². The highest BCUT2D eigenvalue weighted by molar-refractivity contribution is 5.27. The number of benzene rings is 1. The molecule has 1 fully saturated rings. The lowest BCUT2D eigenvalue weighted by Crippen LogP contribution is -2.34. The molecule has 2 N–H and O–H groups in total. The zero-order chi connectivity index (χ0) is 11.4. The second kappa shape index (κ2) is 5.32. The van der Waals surface area contributed by atoms with E-state index in [0.29, 0.717) is 0 Å². The lowest BCUT2D eigenvalue weighted by atomic mass is 10.1. The predicted octanol–water partition coefficient (Wildman–Crippen LogP) is 1.70. The van der Waals surface area contributed by atoms with Crippen molar-refractivity contribution in [3.8, 4) is 5.75 Å². The Balaban J connectivity index is 1.84. The molecule has 3 nitrogen and oxygen atoms in total. The van der Waals surface area contributed by atoms with Crippen molar-refractivity contribution in [2.75, 3.05) is 7.11 Å². The fourth-order valence-corrected chi connectivity index (χ4v) is 2.17. The summed E-state index contributed by atoms with van der Waals surface area (Å²) in [4.78, 5) is 0. The topological polar surface area (TPSA) is 41.5 Å². The summed E-state index contributed by atoms with van der Waals surface area (Å²) in [5.74, 6) is 0.879. The van der Waals surface area contributed by atoms with E-state index in [-0.39, 0.29) is 12.1 Å². The average Bonchev–Trinajstić information content (AvgIpc) is 2.73. The van der Waals surface area contributed by atoms with Gasteiger partial charge in [0.1, 0.15) is 5.75 Å². The van der Waals surface area contributed by atoms with Crippen molar-refractivity contribution in [2.45, 2.75) is 38.0 Å². The third kappa shape index (κ3) is 2.74. The third-order valence-corrected chi connectivity index (χ3v) is 3.21. The van der Waals surface area contributed by atoms with Crippen LogP contribution >= 0.6 is 0 Å². The largest absolute Gasteiger partial charge is 0.497 e. The Bertz CT molecular complexity index is 323. The summed E-state index contributed by atoms with van der Waals surface area (Å²) in [6, 6.07) is 8.28. The molecule has 3 heteroatoms. The molecule has 1 aliphatic carbocycles. The Labute approximate surface area is 96.4 Å². The second-order valence-electron chi connectivity index (χ2n) is 4.33. The van der Waals surface area contributed by atoms with Crippen LogP contribution in [0.15, 0.2) is 24.3 Å². The smallest absolute Gasteiger partial charge is 0.118 e. The van der Waals surface area contributed by atoms with Crippen molar-refractivity contribution in [1.82, 2.24) is 5.32 Å². The average molecular weight is 221 g/mol. The maximum absolute atomic E-state index is 9.67. The first kappa shape index (κ1) is 11.4. The highest BCUT2D eigenvalue weighted by atomic mass is 16.5. The summed E-state index contributed by atoms with van der Waals surface area (Å²) in [5, 5.41) is 13.1. The number of hydrogen-bond donors (Lipinski definition) is 2. The molecule has 88 valence electrons. The first-order chi connectivity index (χ1) is 7.79. The van der Waals surface area contributed by atoms with Crippen LogP contribution in [0.4, 0.5) is 0 Å². The Morgan fingerprint density at radius 2 is 2.06 bits per heavy atom. The number of rotatable bonds is 4. The van der Waals surface area contributed by atoms with Gasteiger partial charge in [-0.1, -0.05) is 12.1 Å². The lowest BCUT2D eigenvalue weighted by Gasteiger charge is -2.16. The molecular formula is C13H19NO2. The normalized spacial score (nSPS) is 24.6. The van der Waals surface area contributed by atoms with Gasteiger partial charge in [0.25, 0.3) is 0 Å². The van der Waals surface area contributed by atoms with E-state index in [9.17, 15) is 5.11 Å². The van der Waals surface area contributed by atoms with Gasteiger partial charge in [-0.25, -0.2) is 0 Å². The van der Waals surface area contributed by atoms with Gasteiger partial charge >= 0.3 is 0 Å². The Hall–Kier alpha value is -1.06. The molecule has 1 aromatic rings. The van der Waals surface area contributed by atoms with Gasteiger partial charge in [0, 0.05) is 12.6 Å². The maximum atomic E-state index is 9.67. The SMILES string of the molecule is COc1ccc(CN[C@H]2CCC[C@@H]2O)cc1. The molecule has 0 radical (unpaired) electrons. The molecule has 0 saturated heterocycles. The van der Waals surface area contributed by atoms with Crippen molar-refractivity contribution >= 4 is 0 Å². The fraction of sp³-hybridized carbons (Fsp3) is 0.538. The molecule has 1 aromatic carbocycles. The van der Waals surface area contributed by atoms with Crippen molar-refractivity contribution in [3.63, 3.8) is 0 Å². The Kier molecular flexibility index (Phi) is 3.80. The van der Waals surface area contributed by atoms with Gasteiger partial charge in [-0.15, -0.1) is 0 Å². The molecule has 0 amide bonds. The summed E-state index contributed by atoms with van der Waals surface area (Å²) in [7, 11) is 1.67. The van der Waals surface area contributed by atoms with Crippen molar-refractivity contribution in [3.05, 3.63) is 29.8 Å². The predicted molar refractivity (Wildman–Crippen MR) is 63.5 cm³/mol. The van der Waals surface area contributed by atoms with Gasteiger partial charge in [-0.3, -0.25) is 0 Å². The van der Waals surface area contributed by atoms with E-state index in [1.807, 2.05) is 24.3 Å². The van der Waals surface area contributed by atoms with Gasteiger partial charge in [0.15, 0.2) is 0 Å². The number of aliphatic hydroxyl groups excluding tert-OH is 1. The van der Waals surface area contributed by atoms with Gasteiger partial charge in [-0.2, -0.15) is 0 Å². The second-order valence-corrected chi connectivity index (χ2v) is 4.33. The third-order valence-electron chi connectivity index (χ3n) is 3.21. The van der Waals surface area contributed by atoms with Crippen LogP contribution in [0.3, 0.4) is 0 Å². The molecule has 2 rings (SSSR count). The molecule has 0 spiro atoms. The quantitative estimate of drug-likeness (QED) is 0.813. The molecule has 0 bridgehead atoms. The van der Waals surface area contributed by atoms with E-state index in [1.165, 1.54) is 5.56 Å². The highest BCUT2D eigenvalue weighted by Gasteiger charge is 2.24. The van der Waals surface area contributed by atoms with Crippen molar-refractivity contribution < 1.29 is 9.84 Å². The Morgan fingerprint density at radius 3 is 2.62 bits per heavy atom. The standard InChI is InChI=1S/C13H19NO2/c1-16-11-7-5-10(6-8-11)9-14-12-3-2-4-13(12)15/h5-8,12-15H,2-4,9H2,1H3/t12-,13-/m0/s1. The van der Waals surface area contributed by atoms with Crippen molar-refractivity contribution in [2.24, 2.45) is 0 Å². The summed E-state index contributed by atoms with van der Waals surface area (Å²) in [5.41, 5.74) is 1.22. The molecule has 2 atom stereocenters. The van der Waals surface area contributed by atoms with Gasteiger partial charge in [-0.05, 0) is 37.0 Å². The van der Waals surface area contributed by atoms with E-state index in [4.69, 9.17) is 4.74 Å². The van der Waals surface area contributed by atoms with E-state index in [0.717, 1.165) is 31.6 Å². The number of nitrogens with one attached hydrogen (secondary N) is 1. The van der Waals surface area contributed by atoms with Gasteiger partial charge in [0.05, 0.1) is 13.2 Å². The van der Waals surface area contributed by atoms with Crippen molar-refractivity contribution in [1.29, 1.82) is 0 Å². The van der Waals surface area contributed by atoms with E-state index < -0.39 is 0 Å². The zero-order valence-corrected chi connectivity index (χ0v) is 9.65. The molecule has 0 aromatic heterocycles. The molecule has 0 heterocycles. The van der Waals surface area contributed by atoms with Crippen LogP contribution in [-0.2, 0) is 6.54 Å². The van der Waals surface area contributed by atoms with Crippen LogP contribution in [0.1, 0.15) is 24.8 Å². The molecular weight excluding hydrogens is 202 g/mol.